The molecule has 0 saturated carbocycles. The molecule has 1 aliphatic heterocycles. The summed E-state index contributed by atoms with van der Waals surface area (Å²) in [4.78, 5) is 29.8. The smallest absolute Gasteiger partial charge is 0.309 e. The van der Waals surface area contributed by atoms with E-state index in [2.05, 4.69) is 4.98 Å². The molecule has 2 heterocycles. The quantitative estimate of drug-likeness (QED) is 0.856. The zero-order valence-electron chi connectivity index (χ0n) is 12.2. The van der Waals surface area contributed by atoms with Gasteiger partial charge in [0.15, 0.2) is 0 Å². The van der Waals surface area contributed by atoms with Crippen molar-refractivity contribution in [1.29, 1.82) is 0 Å². The van der Waals surface area contributed by atoms with Gasteiger partial charge in [-0.15, -0.1) is 11.3 Å². The van der Waals surface area contributed by atoms with Crippen LogP contribution in [0.4, 0.5) is 0 Å². The molecular formula is C14H21N3O3S. The molecule has 7 heteroatoms. The Kier molecular flexibility index (Phi) is 4.95. The fourth-order valence-electron chi connectivity index (χ4n) is 2.67. The lowest BCUT2D eigenvalue weighted by molar-refractivity contribution is -0.152. The Morgan fingerprint density at radius 1 is 1.48 bits per heavy atom. The third-order valence-electron chi connectivity index (χ3n) is 4.27. The van der Waals surface area contributed by atoms with Crippen LogP contribution in [0.5, 0.6) is 0 Å². The average Bonchev–Trinajstić information content (AvgIpc) is 2.95. The van der Waals surface area contributed by atoms with Crippen molar-refractivity contribution >= 4 is 23.2 Å². The first-order valence-electron chi connectivity index (χ1n) is 7.19. The molecule has 0 aliphatic carbocycles. The molecule has 1 saturated heterocycles. The number of nitrogens with two attached hydrogens (primary N) is 1. The molecule has 0 bridgehead atoms. The van der Waals surface area contributed by atoms with Gasteiger partial charge >= 0.3 is 5.97 Å². The van der Waals surface area contributed by atoms with Gasteiger partial charge in [-0.25, -0.2) is 4.98 Å². The van der Waals surface area contributed by atoms with E-state index in [0.717, 1.165) is 5.01 Å². The highest BCUT2D eigenvalue weighted by Gasteiger charge is 2.41. The predicted octanol–water partition coefficient (Wildman–Crippen LogP) is 1.36. The largest absolute Gasteiger partial charge is 0.481 e. The molecule has 3 N–H and O–H groups in total. The number of aromatic nitrogens is 1. The van der Waals surface area contributed by atoms with Gasteiger partial charge in [0.05, 0.1) is 10.4 Å². The molecule has 0 aromatic carbocycles. The highest BCUT2D eigenvalue weighted by atomic mass is 32.1. The van der Waals surface area contributed by atoms with Crippen molar-refractivity contribution in [1.82, 2.24) is 9.88 Å². The Morgan fingerprint density at radius 3 is 2.67 bits per heavy atom. The van der Waals surface area contributed by atoms with E-state index in [-0.39, 0.29) is 5.91 Å². The first-order chi connectivity index (χ1) is 10.0. The molecular weight excluding hydrogens is 290 g/mol. The number of carboxylic acids is 1. The van der Waals surface area contributed by atoms with Crippen LogP contribution in [-0.4, -0.2) is 46.5 Å². The Bertz CT molecular complexity index is 521. The minimum absolute atomic E-state index is 0.107. The van der Waals surface area contributed by atoms with Crippen LogP contribution in [-0.2, 0) is 11.2 Å². The maximum absolute atomic E-state index is 12.4. The van der Waals surface area contributed by atoms with Gasteiger partial charge in [0.1, 0.15) is 5.69 Å². The second-order valence-electron chi connectivity index (χ2n) is 5.40. The number of likely N-dealkylation sites (tertiary alicyclic amines) is 1. The first-order valence-corrected chi connectivity index (χ1v) is 8.07. The maximum atomic E-state index is 12.4. The molecule has 1 amide bonds. The summed E-state index contributed by atoms with van der Waals surface area (Å²) in [6, 6.07) is 0. The fourth-order valence-corrected chi connectivity index (χ4v) is 3.45. The lowest BCUT2D eigenvalue weighted by Crippen LogP contribution is -2.46. The zero-order chi connectivity index (χ0) is 15.5. The number of hydrogen-bond acceptors (Lipinski definition) is 5. The SMILES string of the molecule is CCC1(C(=O)O)CCN(C(=O)c2csc(CCN)n2)CC1. The standard InChI is InChI=1S/C14H21N3O3S/c1-2-14(13(19)20)4-7-17(8-5-14)12(18)10-9-21-11(16-10)3-6-15/h9H,2-8,15H2,1H3,(H,19,20). The van der Waals surface area contributed by atoms with Crippen LogP contribution < -0.4 is 5.73 Å². The van der Waals surface area contributed by atoms with Crippen molar-refractivity contribution in [2.45, 2.75) is 32.6 Å². The van der Waals surface area contributed by atoms with Crippen LogP contribution >= 0.6 is 11.3 Å². The van der Waals surface area contributed by atoms with Crippen LogP contribution in [0.25, 0.3) is 0 Å². The summed E-state index contributed by atoms with van der Waals surface area (Å²) < 4.78 is 0. The predicted molar refractivity (Wildman–Crippen MR) is 80.4 cm³/mol. The number of carbonyl (C=O) groups excluding carboxylic acids is 1. The lowest BCUT2D eigenvalue weighted by atomic mass is 9.76. The molecule has 0 unspecified atom stereocenters. The van der Waals surface area contributed by atoms with E-state index in [1.54, 1.807) is 10.3 Å². The summed E-state index contributed by atoms with van der Waals surface area (Å²) in [5.74, 6) is -0.861. The summed E-state index contributed by atoms with van der Waals surface area (Å²) in [6.07, 6.45) is 2.28. The fraction of sp³-hybridized carbons (Fsp3) is 0.643. The van der Waals surface area contributed by atoms with Gasteiger partial charge in [0, 0.05) is 24.9 Å². The van der Waals surface area contributed by atoms with Gasteiger partial charge in [-0.05, 0) is 25.8 Å². The summed E-state index contributed by atoms with van der Waals surface area (Å²) >= 11 is 1.44. The van der Waals surface area contributed by atoms with Gasteiger partial charge in [-0.2, -0.15) is 0 Å². The number of amides is 1. The van der Waals surface area contributed by atoms with Gasteiger partial charge in [-0.3, -0.25) is 9.59 Å². The minimum Gasteiger partial charge on any atom is -0.481 e. The van der Waals surface area contributed by atoms with Crippen molar-refractivity contribution in [3.63, 3.8) is 0 Å². The molecule has 21 heavy (non-hydrogen) atoms. The molecule has 0 atom stereocenters. The molecule has 1 aromatic heterocycles. The maximum Gasteiger partial charge on any atom is 0.309 e. The van der Waals surface area contributed by atoms with Crippen molar-refractivity contribution in [3.05, 3.63) is 16.1 Å². The van der Waals surface area contributed by atoms with Crippen LogP contribution in [0.15, 0.2) is 5.38 Å². The average molecular weight is 311 g/mol. The number of carbonyl (C=O) groups is 2. The number of thiazole rings is 1. The van der Waals surface area contributed by atoms with Crippen LogP contribution in [0, 0.1) is 5.41 Å². The molecule has 1 aromatic rings. The summed E-state index contributed by atoms with van der Waals surface area (Å²) in [7, 11) is 0. The van der Waals surface area contributed by atoms with E-state index in [1.807, 2.05) is 6.92 Å². The third-order valence-corrected chi connectivity index (χ3v) is 5.18. The summed E-state index contributed by atoms with van der Waals surface area (Å²) in [5.41, 5.74) is 5.25. The van der Waals surface area contributed by atoms with Crippen molar-refractivity contribution in [2.75, 3.05) is 19.6 Å². The second-order valence-corrected chi connectivity index (χ2v) is 6.34. The van der Waals surface area contributed by atoms with E-state index in [9.17, 15) is 14.7 Å². The van der Waals surface area contributed by atoms with E-state index < -0.39 is 11.4 Å². The monoisotopic (exact) mass is 311 g/mol. The highest BCUT2D eigenvalue weighted by molar-refractivity contribution is 7.09. The van der Waals surface area contributed by atoms with Crippen molar-refractivity contribution in [3.8, 4) is 0 Å². The Morgan fingerprint density at radius 2 is 2.14 bits per heavy atom. The van der Waals surface area contributed by atoms with Crippen LogP contribution in [0.1, 0.15) is 41.7 Å². The normalized spacial score (nSPS) is 17.7. The molecule has 0 spiro atoms. The zero-order valence-corrected chi connectivity index (χ0v) is 13.0. The first kappa shape index (κ1) is 15.9. The molecule has 1 aliphatic rings. The van der Waals surface area contributed by atoms with E-state index in [1.165, 1.54) is 11.3 Å². The van der Waals surface area contributed by atoms with Gasteiger partial charge in [0.2, 0.25) is 0 Å². The third kappa shape index (κ3) is 3.24. The van der Waals surface area contributed by atoms with Gasteiger partial charge < -0.3 is 15.7 Å². The number of hydrogen-bond donors (Lipinski definition) is 2. The Labute approximate surface area is 128 Å². The number of nitrogens with zero attached hydrogens (tertiary/aromatic N) is 2. The second kappa shape index (κ2) is 6.53. The molecule has 0 radical (unpaired) electrons. The van der Waals surface area contributed by atoms with E-state index in [4.69, 9.17) is 5.73 Å². The number of piperidine rings is 1. The van der Waals surface area contributed by atoms with E-state index in [0.29, 0.717) is 51.0 Å². The highest BCUT2D eigenvalue weighted by Crippen LogP contribution is 2.35. The Hall–Kier alpha value is -1.47. The minimum atomic E-state index is -0.754. The number of aliphatic carboxylic acids is 1. The van der Waals surface area contributed by atoms with Crippen molar-refractivity contribution < 1.29 is 14.7 Å². The van der Waals surface area contributed by atoms with Gasteiger partial charge in [0.25, 0.3) is 5.91 Å². The summed E-state index contributed by atoms with van der Waals surface area (Å²) in [5, 5.41) is 12.0. The summed E-state index contributed by atoms with van der Waals surface area (Å²) in [6.45, 7) is 3.36. The van der Waals surface area contributed by atoms with Crippen LogP contribution in [0.2, 0.25) is 0 Å². The number of carboxylic acid groups (broad SMARTS) is 1. The Balaban J connectivity index is 2.01. The molecule has 1 fully saturated rings. The topological polar surface area (TPSA) is 96.5 Å². The number of rotatable bonds is 5. The molecule has 116 valence electrons. The lowest BCUT2D eigenvalue weighted by Gasteiger charge is -2.38. The van der Waals surface area contributed by atoms with Crippen molar-refractivity contribution in [2.24, 2.45) is 11.1 Å². The molecule has 6 nitrogen and oxygen atoms in total. The van der Waals surface area contributed by atoms with E-state index >= 15 is 0 Å². The molecule has 2 rings (SSSR count). The van der Waals surface area contributed by atoms with Crippen LogP contribution in [0.3, 0.4) is 0 Å². The van der Waals surface area contributed by atoms with Gasteiger partial charge in [-0.1, -0.05) is 6.92 Å².